The smallest absolute Gasteiger partial charge is 0.253 e. The first-order chi connectivity index (χ1) is 13.6. The van der Waals surface area contributed by atoms with Gasteiger partial charge in [-0.15, -0.1) is 11.3 Å². The number of rotatable bonds is 4. The van der Waals surface area contributed by atoms with Crippen LogP contribution in [0.3, 0.4) is 0 Å². The van der Waals surface area contributed by atoms with E-state index in [9.17, 15) is 4.79 Å². The maximum absolute atomic E-state index is 12.9. The van der Waals surface area contributed by atoms with Crippen LogP contribution < -0.4 is 4.90 Å². The minimum atomic E-state index is 0.149. The molecular weight excluding hydrogens is 368 g/mol. The number of anilines is 1. The number of hydrogen-bond acceptors (Lipinski definition) is 5. The highest BCUT2D eigenvalue weighted by molar-refractivity contribution is 7.13. The third-order valence-electron chi connectivity index (χ3n) is 5.68. The highest BCUT2D eigenvalue weighted by atomic mass is 32.1. The first kappa shape index (κ1) is 19.4. The Morgan fingerprint density at radius 1 is 0.964 bits per heavy atom. The summed E-state index contributed by atoms with van der Waals surface area (Å²) in [4.78, 5) is 24.6. The summed E-state index contributed by atoms with van der Waals surface area (Å²) < 4.78 is 0. The largest absolute Gasteiger partial charge is 0.345 e. The number of amides is 1. The summed E-state index contributed by atoms with van der Waals surface area (Å²) in [6.45, 7) is 10.7. The summed E-state index contributed by atoms with van der Waals surface area (Å²) in [5.41, 5.74) is 4.29. The molecule has 1 amide bonds. The first-order valence-corrected chi connectivity index (χ1v) is 11.3. The highest BCUT2D eigenvalue weighted by Crippen LogP contribution is 2.24. The van der Waals surface area contributed by atoms with Crippen molar-refractivity contribution in [3.8, 4) is 0 Å². The Balaban J connectivity index is 1.33. The van der Waals surface area contributed by atoms with Gasteiger partial charge in [-0.05, 0) is 51.9 Å². The summed E-state index contributed by atoms with van der Waals surface area (Å²) in [5.74, 6) is 0.149. The predicted molar refractivity (Wildman–Crippen MR) is 115 cm³/mol. The van der Waals surface area contributed by atoms with Crippen LogP contribution in [0.5, 0.6) is 0 Å². The molecule has 2 aliphatic rings. The number of benzene rings is 1. The van der Waals surface area contributed by atoms with Gasteiger partial charge in [0.1, 0.15) is 0 Å². The second kappa shape index (κ2) is 8.62. The van der Waals surface area contributed by atoms with Gasteiger partial charge in [0.05, 0.1) is 5.69 Å². The second-order valence-corrected chi connectivity index (χ2v) is 8.95. The van der Waals surface area contributed by atoms with E-state index in [0.717, 1.165) is 54.5 Å². The van der Waals surface area contributed by atoms with E-state index in [4.69, 9.17) is 4.98 Å². The summed E-state index contributed by atoms with van der Waals surface area (Å²) in [6, 6.07) is 6.10. The lowest BCUT2D eigenvalue weighted by molar-refractivity contribution is 0.0746. The van der Waals surface area contributed by atoms with Crippen LogP contribution in [0.2, 0.25) is 0 Å². The molecule has 150 valence electrons. The van der Waals surface area contributed by atoms with Gasteiger partial charge in [0.2, 0.25) is 0 Å². The zero-order chi connectivity index (χ0) is 19.5. The fraction of sp³-hybridized carbons (Fsp3) is 0.545. The molecule has 6 heteroatoms. The van der Waals surface area contributed by atoms with Gasteiger partial charge in [0, 0.05) is 43.7 Å². The molecule has 0 unspecified atom stereocenters. The second-order valence-electron chi connectivity index (χ2n) is 8.11. The van der Waals surface area contributed by atoms with Gasteiger partial charge >= 0.3 is 0 Å². The van der Waals surface area contributed by atoms with Crippen molar-refractivity contribution in [2.75, 3.05) is 44.2 Å². The average molecular weight is 399 g/mol. The van der Waals surface area contributed by atoms with E-state index in [-0.39, 0.29) is 5.91 Å². The maximum atomic E-state index is 12.9. The Bertz CT molecular complexity index is 799. The number of aromatic nitrogens is 1. The molecule has 1 aromatic carbocycles. The molecule has 0 radical (unpaired) electrons. The van der Waals surface area contributed by atoms with Crippen LogP contribution in [0.25, 0.3) is 0 Å². The quantitative estimate of drug-likeness (QED) is 0.787. The van der Waals surface area contributed by atoms with E-state index in [2.05, 4.69) is 21.2 Å². The van der Waals surface area contributed by atoms with E-state index in [1.165, 1.54) is 38.0 Å². The van der Waals surface area contributed by atoms with Crippen molar-refractivity contribution in [2.24, 2.45) is 0 Å². The minimum absolute atomic E-state index is 0.149. The zero-order valence-corrected chi connectivity index (χ0v) is 17.8. The lowest BCUT2D eigenvalue weighted by atomic mass is 10.1. The monoisotopic (exact) mass is 398 g/mol. The van der Waals surface area contributed by atoms with Gasteiger partial charge in [-0.1, -0.05) is 23.6 Å². The number of piperidine rings is 1. The molecular formula is C22H30N4OS. The minimum Gasteiger partial charge on any atom is -0.345 e. The highest BCUT2D eigenvalue weighted by Gasteiger charge is 2.24. The summed E-state index contributed by atoms with van der Waals surface area (Å²) in [6.07, 6.45) is 3.99. The van der Waals surface area contributed by atoms with Crippen molar-refractivity contribution in [3.63, 3.8) is 0 Å². The van der Waals surface area contributed by atoms with Crippen LogP contribution in [0.4, 0.5) is 5.13 Å². The van der Waals surface area contributed by atoms with Crippen molar-refractivity contribution in [2.45, 2.75) is 39.7 Å². The van der Waals surface area contributed by atoms with Crippen LogP contribution in [0.1, 0.15) is 46.4 Å². The van der Waals surface area contributed by atoms with Crippen molar-refractivity contribution in [1.29, 1.82) is 0 Å². The summed E-state index contributed by atoms with van der Waals surface area (Å²) in [7, 11) is 0. The van der Waals surface area contributed by atoms with Crippen LogP contribution in [-0.2, 0) is 6.54 Å². The van der Waals surface area contributed by atoms with Crippen molar-refractivity contribution >= 4 is 22.4 Å². The van der Waals surface area contributed by atoms with Gasteiger partial charge in [0.15, 0.2) is 5.13 Å². The Labute approximate surface area is 172 Å². The molecule has 2 saturated heterocycles. The number of piperazine rings is 1. The maximum Gasteiger partial charge on any atom is 0.253 e. The molecule has 0 N–H and O–H groups in total. The Kier molecular flexibility index (Phi) is 5.97. The molecule has 2 fully saturated rings. The normalized spacial score (nSPS) is 18.5. The van der Waals surface area contributed by atoms with E-state index in [1.807, 2.05) is 30.9 Å². The number of thiazole rings is 1. The Hall–Kier alpha value is -1.92. The molecule has 4 rings (SSSR count). The molecule has 5 nitrogen and oxygen atoms in total. The lowest BCUT2D eigenvalue weighted by Gasteiger charge is -2.34. The van der Waals surface area contributed by atoms with E-state index < -0.39 is 0 Å². The standard InChI is InChI=1S/C22H30N4OS/c1-17-12-18(2)14-19(13-17)21(27)25-8-10-26(11-9-25)22-23-20(16-28-22)15-24-6-4-3-5-7-24/h12-14,16H,3-11,15H2,1-2H3. The Morgan fingerprint density at radius 3 is 2.32 bits per heavy atom. The number of nitrogens with zero attached hydrogens (tertiary/aromatic N) is 4. The van der Waals surface area contributed by atoms with E-state index in [0.29, 0.717) is 0 Å². The van der Waals surface area contributed by atoms with Crippen LogP contribution in [-0.4, -0.2) is 60.0 Å². The topological polar surface area (TPSA) is 39.7 Å². The van der Waals surface area contributed by atoms with E-state index in [1.54, 1.807) is 11.3 Å². The molecule has 3 heterocycles. The molecule has 2 aliphatic heterocycles. The summed E-state index contributed by atoms with van der Waals surface area (Å²) >= 11 is 1.74. The SMILES string of the molecule is Cc1cc(C)cc(C(=O)N2CCN(c3nc(CN4CCCCC4)cs3)CC2)c1. The average Bonchev–Trinajstić information content (AvgIpc) is 3.16. The summed E-state index contributed by atoms with van der Waals surface area (Å²) in [5, 5.41) is 3.31. The van der Waals surface area contributed by atoms with Gasteiger partial charge in [-0.2, -0.15) is 0 Å². The molecule has 0 atom stereocenters. The molecule has 0 aliphatic carbocycles. The number of aryl methyl sites for hydroxylation is 2. The molecule has 28 heavy (non-hydrogen) atoms. The number of hydrogen-bond donors (Lipinski definition) is 0. The lowest BCUT2D eigenvalue weighted by Crippen LogP contribution is -2.48. The zero-order valence-electron chi connectivity index (χ0n) is 17.0. The van der Waals surface area contributed by atoms with Gasteiger partial charge in [-0.3, -0.25) is 9.69 Å². The predicted octanol–water partition coefficient (Wildman–Crippen LogP) is 3.71. The van der Waals surface area contributed by atoms with Gasteiger partial charge in [-0.25, -0.2) is 4.98 Å². The van der Waals surface area contributed by atoms with Crippen molar-refractivity contribution in [3.05, 3.63) is 46.0 Å². The van der Waals surface area contributed by atoms with Crippen molar-refractivity contribution in [1.82, 2.24) is 14.8 Å². The number of likely N-dealkylation sites (tertiary alicyclic amines) is 1. The van der Waals surface area contributed by atoms with E-state index >= 15 is 0 Å². The van der Waals surface area contributed by atoms with Gasteiger partial charge < -0.3 is 9.80 Å². The third-order valence-corrected chi connectivity index (χ3v) is 6.63. The van der Waals surface area contributed by atoms with Crippen molar-refractivity contribution < 1.29 is 4.79 Å². The molecule has 0 saturated carbocycles. The van der Waals surface area contributed by atoms with Crippen LogP contribution >= 0.6 is 11.3 Å². The number of carbonyl (C=O) groups excluding carboxylic acids is 1. The van der Waals surface area contributed by atoms with Crippen LogP contribution in [0.15, 0.2) is 23.6 Å². The Morgan fingerprint density at radius 2 is 1.64 bits per heavy atom. The molecule has 1 aromatic heterocycles. The number of carbonyl (C=O) groups is 1. The fourth-order valence-electron chi connectivity index (χ4n) is 4.24. The van der Waals surface area contributed by atoms with Gasteiger partial charge in [0.25, 0.3) is 5.91 Å². The third kappa shape index (κ3) is 4.55. The van der Waals surface area contributed by atoms with Crippen LogP contribution in [0, 0.1) is 13.8 Å². The molecule has 2 aromatic rings. The molecule has 0 spiro atoms. The fourth-order valence-corrected chi connectivity index (χ4v) is 5.11. The molecule has 0 bridgehead atoms. The first-order valence-electron chi connectivity index (χ1n) is 10.4.